The molecule has 0 fully saturated rings. The van der Waals surface area contributed by atoms with Crippen molar-refractivity contribution in [2.45, 2.75) is 17.3 Å². The Kier molecular flexibility index (Phi) is 5.22. The molecule has 23 heavy (non-hydrogen) atoms. The van der Waals surface area contributed by atoms with E-state index in [1.165, 1.54) is 11.1 Å². The fourth-order valence-corrected chi connectivity index (χ4v) is 2.99. The third-order valence-electron chi connectivity index (χ3n) is 3.41. The van der Waals surface area contributed by atoms with Crippen LogP contribution in [-0.4, -0.2) is 5.11 Å². The van der Waals surface area contributed by atoms with Gasteiger partial charge in [-0.2, -0.15) is 0 Å². The third-order valence-corrected chi connectivity index (χ3v) is 4.50. The fraction of sp³-hybridized carbons (Fsp3) is 0.100. The van der Waals surface area contributed by atoms with Crippen molar-refractivity contribution in [1.82, 2.24) is 0 Å². The highest BCUT2D eigenvalue weighted by molar-refractivity contribution is 7.98. The molecule has 0 saturated heterocycles. The number of phenolic OH excluding ortho intramolecular Hbond substituents is 1. The predicted octanol–water partition coefficient (Wildman–Crippen LogP) is 5.26. The summed E-state index contributed by atoms with van der Waals surface area (Å²) in [6.45, 7) is 0.586. The molecule has 0 aliphatic heterocycles. The number of phenols is 1. The monoisotopic (exact) mass is 322 g/mol. The molecular formula is C20H18O2S. The van der Waals surface area contributed by atoms with E-state index in [-0.39, 0.29) is 0 Å². The van der Waals surface area contributed by atoms with Gasteiger partial charge in [0.25, 0.3) is 0 Å². The molecule has 0 amide bonds. The molecule has 0 aliphatic rings. The topological polar surface area (TPSA) is 29.5 Å². The number of aromatic hydroxyl groups is 1. The van der Waals surface area contributed by atoms with Gasteiger partial charge in [-0.1, -0.05) is 42.5 Å². The second-order valence-corrected chi connectivity index (χ2v) is 6.25. The van der Waals surface area contributed by atoms with Gasteiger partial charge in [0.15, 0.2) is 0 Å². The predicted molar refractivity (Wildman–Crippen MR) is 94.9 cm³/mol. The number of hydrogen-bond acceptors (Lipinski definition) is 3. The average Bonchev–Trinajstić information content (AvgIpc) is 2.61. The van der Waals surface area contributed by atoms with E-state index in [0.29, 0.717) is 12.4 Å². The van der Waals surface area contributed by atoms with E-state index in [1.54, 1.807) is 23.9 Å². The molecule has 0 bridgehead atoms. The number of ether oxygens (including phenoxy) is 1. The van der Waals surface area contributed by atoms with Crippen molar-refractivity contribution >= 4 is 11.8 Å². The first-order valence-corrected chi connectivity index (χ1v) is 8.46. The average molecular weight is 322 g/mol. The van der Waals surface area contributed by atoms with Crippen molar-refractivity contribution in [3.8, 4) is 11.5 Å². The maximum atomic E-state index is 9.28. The Labute approximate surface area is 140 Å². The highest BCUT2D eigenvalue weighted by Gasteiger charge is 1.99. The lowest BCUT2D eigenvalue weighted by molar-refractivity contribution is 0.306. The van der Waals surface area contributed by atoms with E-state index >= 15 is 0 Å². The van der Waals surface area contributed by atoms with E-state index in [9.17, 15) is 5.11 Å². The van der Waals surface area contributed by atoms with Gasteiger partial charge in [0, 0.05) is 10.6 Å². The van der Waals surface area contributed by atoms with Crippen LogP contribution in [0.3, 0.4) is 0 Å². The fourth-order valence-electron chi connectivity index (χ4n) is 2.13. The van der Waals surface area contributed by atoms with Gasteiger partial charge in [-0.25, -0.2) is 0 Å². The van der Waals surface area contributed by atoms with E-state index in [1.807, 2.05) is 42.5 Å². The number of rotatable bonds is 6. The molecule has 0 aromatic heterocycles. The van der Waals surface area contributed by atoms with Gasteiger partial charge >= 0.3 is 0 Å². The first-order chi connectivity index (χ1) is 11.3. The molecule has 3 rings (SSSR count). The van der Waals surface area contributed by atoms with E-state index in [4.69, 9.17) is 4.74 Å². The summed E-state index contributed by atoms with van der Waals surface area (Å²) >= 11 is 1.75. The SMILES string of the molecule is Oc1ccc(SCc2ccc(OCc3ccccc3)cc2)cc1. The van der Waals surface area contributed by atoms with Gasteiger partial charge < -0.3 is 9.84 Å². The van der Waals surface area contributed by atoms with Gasteiger partial charge in [-0.15, -0.1) is 11.8 Å². The lowest BCUT2D eigenvalue weighted by Crippen LogP contribution is -1.94. The van der Waals surface area contributed by atoms with Crippen molar-refractivity contribution in [3.05, 3.63) is 90.0 Å². The summed E-state index contributed by atoms with van der Waals surface area (Å²) in [6, 6.07) is 25.6. The van der Waals surface area contributed by atoms with Gasteiger partial charge in [0.2, 0.25) is 0 Å². The minimum absolute atomic E-state index is 0.300. The minimum atomic E-state index is 0.300. The van der Waals surface area contributed by atoms with E-state index in [2.05, 4.69) is 24.3 Å². The standard InChI is InChI=1S/C20H18O2S/c21-18-8-12-20(13-9-18)23-15-17-6-10-19(11-7-17)22-14-16-4-2-1-3-5-16/h1-13,21H,14-15H2. The van der Waals surface area contributed by atoms with E-state index < -0.39 is 0 Å². The first kappa shape index (κ1) is 15.5. The van der Waals surface area contributed by atoms with Crippen molar-refractivity contribution in [2.75, 3.05) is 0 Å². The van der Waals surface area contributed by atoms with Crippen LogP contribution in [0.15, 0.2) is 83.8 Å². The Balaban J connectivity index is 1.51. The highest BCUT2D eigenvalue weighted by Crippen LogP contribution is 2.25. The van der Waals surface area contributed by atoms with Crippen molar-refractivity contribution in [3.63, 3.8) is 0 Å². The molecule has 2 nitrogen and oxygen atoms in total. The van der Waals surface area contributed by atoms with Crippen LogP contribution in [0, 0.1) is 0 Å². The van der Waals surface area contributed by atoms with Crippen LogP contribution in [0.1, 0.15) is 11.1 Å². The maximum absolute atomic E-state index is 9.28. The number of thioether (sulfide) groups is 1. The van der Waals surface area contributed by atoms with Gasteiger partial charge in [0.1, 0.15) is 18.1 Å². The summed E-state index contributed by atoms with van der Waals surface area (Å²) in [5, 5.41) is 9.28. The molecule has 0 aliphatic carbocycles. The molecule has 3 aromatic carbocycles. The quantitative estimate of drug-likeness (QED) is 0.627. The van der Waals surface area contributed by atoms with Crippen LogP contribution in [0.2, 0.25) is 0 Å². The van der Waals surface area contributed by atoms with Crippen LogP contribution >= 0.6 is 11.8 Å². The summed E-state index contributed by atoms with van der Waals surface area (Å²) in [6.07, 6.45) is 0. The Hall–Kier alpha value is -2.39. The largest absolute Gasteiger partial charge is 0.508 e. The molecule has 0 saturated carbocycles. The van der Waals surface area contributed by atoms with Crippen LogP contribution in [0.4, 0.5) is 0 Å². The Bertz CT molecular complexity index is 722. The molecule has 0 radical (unpaired) electrons. The van der Waals surface area contributed by atoms with Crippen molar-refractivity contribution in [1.29, 1.82) is 0 Å². The zero-order chi connectivity index (χ0) is 15.9. The Morgan fingerprint density at radius 1 is 0.739 bits per heavy atom. The number of benzene rings is 3. The van der Waals surface area contributed by atoms with Gasteiger partial charge in [-0.05, 0) is 47.5 Å². The molecule has 0 spiro atoms. The Morgan fingerprint density at radius 2 is 1.43 bits per heavy atom. The highest BCUT2D eigenvalue weighted by atomic mass is 32.2. The summed E-state index contributed by atoms with van der Waals surface area (Å²) in [5.74, 6) is 2.07. The van der Waals surface area contributed by atoms with Crippen LogP contribution < -0.4 is 4.74 Å². The maximum Gasteiger partial charge on any atom is 0.119 e. The Morgan fingerprint density at radius 3 is 2.13 bits per heavy atom. The van der Waals surface area contributed by atoms with Gasteiger partial charge in [0.05, 0.1) is 0 Å². The summed E-state index contributed by atoms with van der Waals surface area (Å²) < 4.78 is 5.79. The molecular weight excluding hydrogens is 304 g/mol. The molecule has 1 N–H and O–H groups in total. The minimum Gasteiger partial charge on any atom is -0.508 e. The molecule has 0 heterocycles. The second-order valence-electron chi connectivity index (χ2n) is 5.20. The zero-order valence-electron chi connectivity index (χ0n) is 12.7. The summed E-state index contributed by atoms with van der Waals surface area (Å²) in [7, 11) is 0. The van der Waals surface area contributed by atoms with Crippen LogP contribution in [0.25, 0.3) is 0 Å². The molecule has 116 valence electrons. The molecule has 3 aromatic rings. The molecule has 0 unspecified atom stereocenters. The summed E-state index contributed by atoms with van der Waals surface area (Å²) in [4.78, 5) is 1.15. The molecule has 3 heteroatoms. The van der Waals surface area contributed by atoms with E-state index in [0.717, 1.165) is 16.4 Å². The van der Waals surface area contributed by atoms with Gasteiger partial charge in [-0.3, -0.25) is 0 Å². The number of hydrogen-bond donors (Lipinski definition) is 1. The lowest BCUT2D eigenvalue weighted by atomic mass is 10.2. The van der Waals surface area contributed by atoms with Crippen molar-refractivity contribution in [2.24, 2.45) is 0 Å². The smallest absolute Gasteiger partial charge is 0.119 e. The normalized spacial score (nSPS) is 10.4. The second kappa shape index (κ2) is 7.75. The lowest BCUT2D eigenvalue weighted by Gasteiger charge is -2.07. The van der Waals surface area contributed by atoms with Crippen LogP contribution in [0.5, 0.6) is 11.5 Å². The van der Waals surface area contributed by atoms with Crippen LogP contribution in [-0.2, 0) is 12.4 Å². The molecule has 0 atom stereocenters. The summed E-state index contributed by atoms with van der Waals surface area (Å²) in [5.41, 5.74) is 2.41. The third kappa shape index (κ3) is 4.80. The zero-order valence-corrected chi connectivity index (χ0v) is 13.5. The van der Waals surface area contributed by atoms with Crippen molar-refractivity contribution < 1.29 is 9.84 Å². The first-order valence-electron chi connectivity index (χ1n) is 7.47.